The van der Waals surface area contributed by atoms with E-state index >= 15 is 0 Å². The van der Waals surface area contributed by atoms with E-state index in [1.54, 1.807) is 0 Å². The van der Waals surface area contributed by atoms with Crippen molar-refractivity contribution in [2.24, 2.45) is 22.7 Å². The predicted molar refractivity (Wildman–Crippen MR) is 109 cm³/mol. The molecule has 2 saturated heterocycles. The van der Waals surface area contributed by atoms with Gasteiger partial charge in [-0.3, -0.25) is 4.99 Å². The van der Waals surface area contributed by atoms with Gasteiger partial charge >= 0.3 is 0 Å². The van der Waals surface area contributed by atoms with E-state index in [2.05, 4.69) is 27.2 Å². The summed E-state index contributed by atoms with van der Waals surface area (Å²) in [6.45, 7) is 6.10. The van der Waals surface area contributed by atoms with Gasteiger partial charge in [0.15, 0.2) is 5.96 Å². The molecule has 3 aliphatic rings. The van der Waals surface area contributed by atoms with Crippen LogP contribution in [0.25, 0.3) is 0 Å². The zero-order valence-electron chi connectivity index (χ0n) is 15.0. The van der Waals surface area contributed by atoms with Crippen molar-refractivity contribution < 1.29 is 0 Å². The number of hydrogen-bond donors (Lipinski definition) is 1. The van der Waals surface area contributed by atoms with Gasteiger partial charge in [-0.25, -0.2) is 0 Å². The maximum Gasteiger partial charge on any atom is 0.193 e. The van der Waals surface area contributed by atoms with Crippen molar-refractivity contribution >= 4 is 29.9 Å². The Bertz CT molecular complexity index is 365. The van der Waals surface area contributed by atoms with E-state index in [-0.39, 0.29) is 24.0 Å². The van der Waals surface area contributed by atoms with Gasteiger partial charge in [-0.15, -0.1) is 24.0 Å². The topological polar surface area (TPSA) is 30.9 Å². The summed E-state index contributed by atoms with van der Waals surface area (Å²) in [7, 11) is 4.18. The zero-order valence-corrected chi connectivity index (χ0v) is 17.3. The summed E-state index contributed by atoms with van der Waals surface area (Å²) < 4.78 is 0. The van der Waals surface area contributed by atoms with Crippen molar-refractivity contribution in [2.75, 3.05) is 46.8 Å². The first kappa shape index (κ1) is 19.3. The number of nitrogens with zero attached hydrogens (tertiary/aromatic N) is 3. The van der Waals surface area contributed by atoms with Gasteiger partial charge in [0.1, 0.15) is 0 Å². The summed E-state index contributed by atoms with van der Waals surface area (Å²) >= 11 is 0. The van der Waals surface area contributed by atoms with Crippen LogP contribution < -0.4 is 5.32 Å². The van der Waals surface area contributed by atoms with Gasteiger partial charge in [0, 0.05) is 26.7 Å². The minimum absolute atomic E-state index is 0. The van der Waals surface area contributed by atoms with Gasteiger partial charge in [-0.2, -0.15) is 0 Å². The van der Waals surface area contributed by atoms with Gasteiger partial charge in [-0.1, -0.05) is 12.8 Å². The number of halogens is 1. The molecule has 0 spiro atoms. The highest BCUT2D eigenvalue weighted by molar-refractivity contribution is 14.0. The van der Waals surface area contributed by atoms with Crippen LogP contribution in [0.3, 0.4) is 0 Å². The summed E-state index contributed by atoms with van der Waals surface area (Å²) in [4.78, 5) is 9.52. The second kappa shape index (κ2) is 9.44. The molecule has 134 valence electrons. The van der Waals surface area contributed by atoms with Crippen molar-refractivity contribution in [2.45, 2.75) is 44.9 Å². The van der Waals surface area contributed by atoms with Crippen LogP contribution >= 0.6 is 24.0 Å². The largest absolute Gasteiger partial charge is 0.356 e. The Kier molecular flexibility index (Phi) is 7.92. The summed E-state index contributed by atoms with van der Waals surface area (Å²) in [6, 6.07) is 0. The van der Waals surface area contributed by atoms with E-state index in [0.29, 0.717) is 0 Å². The summed E-state index contributed by atoms with van der Waals surface area (Å²) in [5, 5.41) is 3.64. The molecule has 0 bridgehead atoms. The maximum atomic E-state index is 4.55. The van der Waals surface area contributed by atoms with Crippen LogP contribution in [0.15, 0.2) is 4.99 Å². The summed E-state index contributed by atoms with van der Waals surface area (Å²) in [5.74, 6) is 3.92. The minimum atomic E-state index is 0. The van der Waals surface area contributed by atoms with Crippen LogP contribution in [0.1, 0.15) is 44.9 Å². The number of piperidine rings is 1. The van der Waals surface area contributed by atoms with E-state index in [1.165, 1.54) is 71.1 Å². The Balaban J connectivity index is 0.00000192. The van der Waals surface area contributed by atoms with E-state index in [0.717, 1.165) is 30.3 Å². The monoisotopic (exact) mass is 434 g/mol. The van der Waals surface area contributed by atoms with Crippen molar-refractivity contribution in [1.82, 2.24) is 15.1 Å². The molecule has 3 fully saturated rings. The second-order valence-corrected chi connectivity index (χ2v) is 7.72. The number of guanidine groups is 1. The van der Waals surface area contributed by atoms with E-state index in [1.807, 2.05) is 7.05 Å². The number of hydrogen-bond acceptors (Lipinski definition) is 2. The third kappa shape index (κ3) is 5.21. The van der Waals surface area contributed by atoms with E-state index < -0.39 is 0 Å². The van der Waals surface area contributed by atoms with E-state index in [9.17, 15) is 0 Å². The van der Waals surface area contributed by atoms with E-state index in [4.69, 9.17) is 0 Å². The molecule has 23 heavy (non-hydrogen) atoms. The lowest BCUT2D eigenvalue weighted by Gasteiger charge is -2.29. The zero-order chi connectivity index (χ0) is 15.4. The SMILES string of the molecule is CN=C(NCCC1CCN(C)CC1)N1CC2CCCCC2C1.I. The molecule has 2 unspecified atom stereocenters. The highest BCUT2D eigenvalue weighted by Gasteiger charge is 2.35. The van der Waals surface area contributed by atoms with Crippen LogP contribution in [0.2, 0.25) is 0 Å². The molecule has 2 heterocycles. The average molecular weight is 434 g/mol. The molecule has 1 N–H and O–H groups in total. The number of fused-ring (bicyclic) bond motifs is 1. The Morgan fingerprint density at radius 2 is 1.65 bits per heavy atom. The molecular weight excluding hydrogens is 399 g/mol. The first-order valence-corrected chi connectivity index (χ1v) is 9.40. The standard InChI is InChI=1S/C18H34N4.HI/c1-19-18(20-10-7-15-8-11-21(2)12-9-15)22-13-16-5-3-4-6-17(16)14-22;/h15-17H,3-14H2,1-2H3,(H,19,20);1H. The molecule has 0 aromatic carbocycles. The maximum absolute atomic E-state index is 4.55. The fraction of sp³-hybridized carbons (Fsp3) is 0.944. The minimum Gasteiger partial charge on any atom is -0.356 e. The first-order chi connectivity index (χ1) is 10.8. The van der Waals surface area contributed by atoms with Crippen LogP contribution in [0, 0.1) is 17.8 Å². The smallest absolute Gasteiger partial charge is 0.193 e. The average Bonchev–Trinajstić information content (AvgIpc) is 2.97. The van der Waals surface area contributed by atoms with Crippen LogP contribution in [0.5, 0.6) is 0 Å². The Morgan fingerprint density at radius 3 is 2.22 bits per heavy atom. The Hall–Kier alpha value is -0.0400. The Labute approximate surface area is 159 Å². The number of aliphatic imine (C=N–C) groups is 1. The van der Waals surface area contributed by atoms with Crippen LogP contribution in [0.4, 0.5) is 0 Å². The molecule has 5 heteroatoms. The van der Waals surface area contributed by atoms with Crippen molar-refractivity contribution in [3.8, 4) is 0 Å². The highest BCUT2D eigenvalue weighted by Crippen LogP contribution is 2.35. The number of likely N-dealkylation sites (tertiary alicyclic amines) is 2. The third-order valence-electron chi connectivity index (χ3n) is 6.16. The molecule has 4 nitrogen and oxygen atoms in total. The summed E-state index contributed by atoms with van der Waals surface area (Å²) in [5.41, 5.74) is 0. The quantitative estimate of drug-likeness (QED) is 0.421. The highest BCUT2D eigenvalue weighted by atomic mass is 127. The molecule has 0 amide bonds. The second-order valence-electron chi connectivity index (χ2n) is 7.72. The lowest BCUT2D eigenvalue weighted by molar-refractivity contribution is 0.212. The molecule has 0 aromatic rings. The number of rotatable bonds is 3. The van der Waals surface area contributed by atoms with Gasteiger partial charge < -0.3 is 15.1 Å². The molecule has 2 aliphatic heterocycles. The molecular formula is C18H35IN4. The Morgan fingerprint density at radius 1 is 1.04 bits per heavy atom. The molecule has 1 aliphatic carbocycles. The lowest BCUT2D eigenvalue weighted by atomic mass is 9.82. The molecule has 3 rings (SSSR count). The first-order valence-electron chi connectivity index (χ1n) is 9.40. The van der Waals surface area contributed by atoms with Gasteiger partial charge in [0.2, 0.25) is 0 Å². The summed E-state index contributed by atoms with van der Waals surface area (Å²) in [6.07, 6.45) is 9.79. The lowest BCUT2D eigenvalue weighted by Crippen LogP contribution is -2.41. The number of nitrogens with one attached hydrogen (secondary N) is 1. The van der Waals surface area contributed by atoms with Crippen LogP contribution in [-0.4, -0.2) is 62.6 Å². The molecule has 1 saturated carbocycles. The third-order valence-corrected chi connectivity index (χ3v) is 6.16. The molecule has 0 radical (unpaired) electrons. The van der Waals surface area contributed by atoms with Gasteiger partial charge in [-0.05, 0) is 70.0 Å². The van der Waals surface area contributed by atoms with Crippen molar-refractivity contribution in [3.05, 3.63) is 0 Å². The fourth-order valence-corrected chi connectivity index (χ4v) is 4.65. The molecule has 0 aromatic heterocycles. The fourth-order valence-electron chi connectivity index (χ4n) is 4.65. The van der Waals surface area contributed by atoms with Crippen molar-refractivity contribution in [1.29, 1.82) is 0 Å². The van der Waals surface area contributed by atoms with Gasteiger partial charge in [0.25, 0.3) is 0 Å². The molecule has 2 atom stereocenters. The predicted octanol–water partition coefficient (Wildman–Crippen LogP) is 3.03. The normalized spacial score (nSPS) is 30.0. The van der Waals surface area contributed by atoms with Crippen molar-refractivity contribution in [3.63, 3.8) is 0 Å². The van der Waals surface area contributed by atoms with Gasteiger partial charge in [0.05, 0.1) is 0 Å². The van der Waals surface area contributed by atoms with Crippen LogP contribution in [-0.2, 0) is 0 Å².